The van der Waals surface area contributed by atoms with Crippen LogP contribution in [0.25, 0.3) is 0 Å². The lowest BCUT2D eigenvalue weighted by atomic mass is 10.1. The number of hydrogen-bond donors (Lipinski definition) is 1. The van der Waals surface area contributed by atoms with Gasteiger partial charge >= 0.3 is 0 Å². The van der Waals surface area contributed by atoms with Crippen LogP contribution < -0.4 is 4.74 Å². The van der Waals surface area contributed by atoms with Gasteiger partial charge in [0, 0.05) is 37.6 Å². The molecule has 1 saturated heterocycles. The van der Waals surface area contributed by atoms with Gasteiger partial charge in [0.1, 0.15) is 11.9 Å². The molecule has 0 amide bonds. The van der Waals surface area contributed by atoms with Crippen molar-refractivity contribution in [2.75, 3.05) is 26.3 Å². The maximum Gasteiger partial charge on any atom is 0.124 e. The number of benzene rings is 1. The van der Waals surface area contributed by atoms with Crippen LogP contribution in [0.4, 0.5) is 0 Å². The van der Waals surface area contributed by atoms with E-state index in [1.165, 1.54) is 0 Å². The monoisotopic (exact) mass is 329 g/mol. The number of hydrogen-bond acceptors (Lipinski definition) is 6. The zero-order valence-corrected chi connectivity index (χ0v) is 13.9. The SMILES string of the molecule is CCOc1ccc(CN2CCOC(c3cnccn3)C2)cc1CO. The number of nitrogens with zero attached hydrogens (tertiary/aromatic N) is 3. The molecule has 1 aromatic carbocycles. The average molecular weight is 329 g/mol. The van der Waals surface area contributed by atoms with Gasteiger partial charge in [0.2, 0.25) is 0 Å². The van der Waals surface area contributed by atoms with Crippen molar-refractivity contribution < 1.29 is 14.6 Å². The zero-order chi connectivity index (χ0) is 16.8. The number of rotatable bonds is 6. The van der Waals surface area contributed by atoms with E-state index in [1.807, 2.05) is 19.1 Å². The van der Waals surface area contributed by atoms with Crippen LogP contribution in [0.1, 0.15) is 29.8 Å². The van der Waals surface area contributed by atoms with Gasteiger partial charge in [0.15, 0.2) is 0 Å². The highest BCUT2D eigenvalue weighted by molar-refractivity contribution is 5.37. The molecule has 0 spiro atoms. The molecule has 1 N–H and O–H groups in total. The van der Waals surface area contributed by atoms with E-state index in [2.05, 4.69) is 20.9 Å². The smallest absolute Gasteiger partial charge is 0.124 e. The third kappa shape index (κ3) is 4.08. The minimum Gasteiger partial charge on any atom is -0.494 e. The number of ether oxygens (including phenoxy) is 2. The molecule has 24 heavy (non-hydrogen) atoms. The van der Waals surface area contributed by atoms with Gasteiger partial charge in [-0.15, -0.1) is 0 Å². The summed E-state index contributed by atoms with van der Waals surface area (Å²) in [5.74, 6) is 0.753. The molecule has 1 aliphatic heterocycles. The largest absolute Gasteiger partial charge is 0.494 e. The lowest BCUT2D eigenvalue weighted by Crippen LogP contribution is -2.38. The second-order valence-electron chi connectivity index (χ2n) is 5.76. The third-order valence-corrected chi connectivity index (χ3v) is 4.06. The summed E-state index contributed by atoms with van der Waals surface area (Å²) in [5, 5.41) is 9.54. The Morgan fingerprint density at radius 1 is 1.38 bits per heavy atom. The Labute approximate surface area is 142 Å². The standard InChI is InChI=1S/C18H23N3O3/c1-2-23-17-4-3-14(9-15(17)13-22)11-21-7-8-24-18(12-21)16-10-19-5-6-20-16/h3-6,9-10,18,22H,2,7-8,11-13H2,1H3. The predicted octanol–water partition coefficient (Wildman–Crippen LogP) is 1.94. The van der Waals surface area contributed by atoms with Crippen molar-refractivity contribution >= 4 is 0 Å². The lowest BCUT2D eigenvalue weighted by molar-refractivity contribution is -0.0351. The van der Waals surface area contributed by atoms with E-state index in [9.17, 15) is 5.11 Å². The van der Waals surface area contributed by atoms with Crippen molar-refractivity contribution in [2.45, 2.75) is 26.2 Å². The summed E-state index contributed by atoms with van der Waals surface area (Å²) in [7, 11) is 0. The van der Waals surface area contributed by atoms with E-state index in [0.717, 1.165) is 42.2 Å². The number of aromatic nitrogens is 2. The molecule has 0 radical (unpaired) electrons. The summed E-state index contributed by atoms with van der Waals surface area (Å²) < 4.78 is 11.4. The zero-order valence-electron chi connectivity index (χ0n) is 13.9. The maximum atomic E-state index is 9.54. The van der Waals surface area contributed by atoms with Crippen molar-refractivity contribution in [3.63, 3.8) is 0 Å². The van der Waals surface area contributed by atoms with Crippen LogP contribution in [0.2, 0.25) is 0 Å². The van der Waals surface area contributed by atoms with E-state index in [1.54, 1.807) is 18.6 Å². The van der Waals surface area contributed by atoms with Gasteiger partial charge in [-0.05, 0) is 24.6 Å². The quantitative estimate of drug-likeness (QED) is 0.873. The van der Waals surface area contributed by atoms with E-state index >= 15 is 0 Å². The van der Waals surface area contributed by atoms with Crippen molar-refractivity contribution in [3.8, 4) is 5.75 Å². The molecule has 1 aromatic heterocycles. The Bertz CT molecular complexity index is 651. The van der Waals surface area contributed by atoms with E-state index < -0.39 is 0 Å². The molecule has 2 aromatic rings. The molecule has 0 saturated carbocycles. The van der Waals surface area contributed by atoms with Crippen LogP contribution in [-0.4, -0.2) is 46.3 Å². The van der Waals surface area contributed by atoms with Gasteiger partial charge < -0.3 is 14.6 Å². The van der Waals surface area contributed by atoms with Gasteiger partial charge in [0.05, 0.1) is 31.7 Å². The van der Waals surface area contributed by atoms with E-state index in [0.29, 0.717) is 13.2 Å². The van der Waals surface area contributed by atoms with Crippen LogP contribution in [-0.2, 0) is 17.9 Å². The molecular weight excluding hydrogens is 306 g/mol. The van der Waals surface area contributed by atoms with Gasteiger partial charge in [0.25, 0.3) is 0 Å². The van der Waals surface area contributed by atoms with Crippen molar-refractivity contribution in [1.29, 1.82) is 0 Å². The molecule has 0 bridgehead atoms. The Morgan fingerprint density at radius 3 is 3.04 bits per heavy atom. The molecule has 0 aliphatic carbocycles. The first-order chi connectivity index (χ1) is 11.8. The van der Waals surface area contributed by atoms with Crippen LogP contribution >= 0.6 is 0 Å². The molecule has 1 unspecified atom stereocenters. The highest BCUT2D eigenvalue weighted by Crippen LogP contribution is 2.24. The van der Waals surface area contributed by atoms with Crippen LogP contribution in [0, 0.1) is 0 Å². The van der Waals surface area contributed by atoms with Gasteiger partial charge in [-0.1, -0.05) is 6.07 Å². The van der Waals surface area contributed by atoms with Gasteiger partial charge in [-0.25, -0.2) is 0 Å². The summed E-state index contributed by atoms with van der Waals surface area (Å²) in [6.07, 6.45) is 5.07. The Morgan fingerprint density at radius 2 is 2.29 bits per heavy atom. The minimum atomic E-state index is -0.0486. The molecule has 3 rings (SSSR count). The summed E-state index contributed by atoms with van der Waals surface area (Å²) in [5.41, 5.74) is 2.85. The van der Waals surface area contributed by atoms with Crippen molar-refractivity contribution in [2.24, 2.45) is 0 Å². The van der Waals surface area contributed by atoms with Crippen LogP contribution in [0.15, 0.2) is 36.8 Å². The predicted molar refractivity (Wildman–Crippen MR) is 89.5 cm³/mol. The lowest BCUT2D eigenvalue weighted by Gasteiger charge is -2.32. The maximum absolute atomic E-state index is 9.54. The Kier molecular flexibility index (Phi) is 5.74. The minimum absolute atomic E-state index is 0.0193. The summed E-state index contributed by atoms with van der Waals surface area (Å²) >= 11 is 0. The average Bonchev–Trinajstić information content (AvgIpc) is 2.64. The third-order valence-electron chi connectivity index (χ3n) is 4.06. The molecule has 6 nitrogen and oxygen atoms in total. The first-order valence-electron chi connectivity index (χ1n) is 8.25. The normalized spacial score (nSPS) is 18.5. The first kappa shape index (κ1) is 16.8. The molecule has 1 fully saturated rings. The Hall–Kier alpha value is -2.02. The molecule has 128 valence electrons. The highest BCUT2D eigenvalue weighted by atomic mass is 16.5. The van der Waals surface area contributed by atoms with Crippen molar-refractivity contribution in [3.05, 3.63) is 53.6 Å². The van der Waals surface area contributed by atoms with Crippen molar-refractivity contribution in [1.82, 2.24) is 14.9 Å². The second-order valence-corrected chi connectivity index (χ2v) is 5.76. The van der Waals surface area contributed by atoms with Gasteiger partial charge in [-0.3, -0.25) is 14.9 Å². The number of aliphatic hydroxyl groups excluding tert-OH is 1. The molecular formula is C18H23N3O3. The fourth-order valence-electron chi connectivity index (χ4n) is 2.91. The fourth-order valence-corrected chi connectivity index (χ4v) is 2.91. The molecule has 1 aliphatic rings. The van der Waals surface area contributed by atoms with E-state index in [4.69, 9.17) is 9.47 Å². The first-order valence-corrected chi connectivity index (χ1v) is 8.25. The summed E-state index contributed by atoms with van der Waals surface area (Å²) in [4.78, 5) is 10.8. The van der Waals surface area contributed by atoms with E-state index in [-0.39, 0.29) is 12.7 Å². The summed E-state index contributed by atoms with van der Waals surface area (Å²) in [6.45, 7) is 5.64. The second kappa shape index (κ2) is 8.19. The molecule has 6 heteroatoms. The van der Waals surface area contributed by atoms with Crippen LogP contribution in [0.5, 0.6) is 5.75 Å². The topological polar surface area (TPSA) is 67.7 Å². The number of aliphatic hydroxyl groups is 1. The highest BCUT2D eigenvalue weighted by Gasteiger charge is 2.23. The number of morpholine rings is 1. The Balaban J connectivity index is 1.67. The van der Waals surface area contributed by atoms with Crippen LogP contribution in [0.3, 0.4) is 0 Å². The molecule has 1 atom stereocenters. The summed E-state index contributed by atoms with van der Waals surface area (Å²) in [6, 6.07) is 6.00. The fraction of sp³-hybridized carbons (Fsp3) is 0.444. The molecule has 2 heterocycles. The van der Waals surface area contributed by atoms with Gasteiger partial charge in [-0.2, -0.15) is 0 Å².